The van der Waals surface area contributed by atoms with Crippen LogP contribution in [-0.4, -0.2) is 24.5 Å². The van der Waals surface area contributed by atoms with E-state index in [2.05, 4.69) is 4.98 Å². The summed E-state index contributed by atoms with van der Waals surface area (Å²) in [4.78, 5) is 4.42. The van der Waals surface area contributed by atoms with E-state index < -0.39 is 0 Å². The predicted octanol–water partition coefficient (Wildman–Crippen LogP) is 1.84. The number of halogens is 1. The highest BCUT2D eigenvalue weighted by Crippen LogP contribution is 2.18. The average Bonchev–Trinajstić information content (AvgIpc) is 2.27. The summed E-state index contributed by atoms with van der Waals surface area (Å²) in [5, 5.41) is 0. The molecule has 0 aromatic carbocycles. The van der Waals surface area contributed by atoms with Crippen molar-refractivity contribution in [1.29, 1.82) is 0 Å². The number of pyridine rings is 1. The SMILES string of the molecule is COc1ccc(CCN)nc1/C=C/CCl. The fourth-order valence-corrected chi connectivity index (χ4v) is 1.33. The molecule has 0 aliphatic rings. The minimum atomic E-state index is 0.464. The maximum absolute atomic E-state index is 5.57. The number of rotatable bonds is 5. The molecule has 0 unspecified atom stereocenters. The fraction of sp³-hybridized carbons (Fsp3) is 0.364. The summed E-state index contributed by atoms with van der Waals surface area (Å²) in [6.45, 7) is 0.595. The van der Waals surface area contributed by atoms with Gasteiger partial charge >= 0.3 is 0 Å². The first-order valence-electron chi connectivity index (χ1n) is 4.78. The highest BCUT2D eigenvalue weighted by Gasteiger charge is 2.02. The molecule has 0 saturated carbocycles. The first kappa shape index (κ1) is 12.0. The molecular weight excluding hydrogens is 212 g/mol. The summed E-state index contributed by atoms with van der Waals surface area (Å²) < 4.78 is 5.19. The van der Waals surface area contributed by atoms with Gasteiger partial charge in [-0.05, 0) is 24.8 Å². The standard InChI is InChI=1S/C11H15ClN2O/c1-15-11-5-4-9(6-8-13)14-10(11)3-2-7-12/h2-5H,6-8,13H2,1H3/b3-2+. The number of methoxy groups -OCH3 is 1. The van der Waals surface area contributed by atoms with E-state index in [-0.39, 0.29) is 0 Å². The van der Waals surface area contributed by atoms with Crippen molar-refractivity contribution in [3.05, 3.63) is 29.6 Å². The molecule has 0 amide bonds. The van der Waals surface area contributed by atoms with Gasteiger partial charge in [0.15, 0.2) is 0 Å². The summed E-state index contributed by atoms with van der Waals surface area (Å²) in [7, 11) is 1.62. The van der Waals surface area contributed by atoms with Crippen molar-refractivity contribution in [3.63, 3.8) is 0 Å². The second kappa shape index (κ2) is 6.43. The molecule has 0 fully saturated rings. The minimum absolute atomic E-state index is 0.464. The van der Waals surface area contributed by atoms with Crippen LogP contribution in [-0.2, 0) is 6.42 Å². The summed E-state index contributed by atoms with van der Waals surface area (Å²) in [5.41, 5.74) is 7.23. The molecule has 0 bridgehead atoms. The Bertz CT molecular complexity index is 339. The van der Waals surface area contributed by atoms with E-state index in [9.17, 15) is 0 Å². The van der Waals surface area contributed by atoms with Gasteiger partial charge in [0.05, 0.1) is 7.11 Å². The molecule has 0 spiro atoms. The Morgan fingerprint density at radius 1 is 1.53 bits per heavy atom. The lowest BCUT2D eigenvalue weighted by molar-refractivity contribution is 0.411. The van der Waals surface area contributed by atoms with Gasteiger partial charge in [-0.25, -0.2) is 4.98 Å². The monoisotopic (exact) mass is 226 g/mol. The molecule has 1 aromatic heterocycles. The highest BCUT2D eigenvalue weighted by molar-refractivity contribution is 6.19. The molecule has 0 aliphatic carbocycles. The molecule has 4 heteroatoms. The normalized spacial score (nSPS) is 10.9. The third-order valence-corrected chi connectivity index (χ3v) is 2.11. The number of nitrogens with zero attached hydrogens (tertiary/aromatic N) is 1. The van der Waals surface area contributed by atoms with Crippen molar-refractivity contribution in [1.82, 2.24) is 4.98 Å². The third kappa shape index (κ3) is 3.53. The van der Waals surface area contributed by atoms with Crippen LogP contribution in [0.2, 0.25) is 0 Å². The van der Waals surface area contributed by atoms with Crippen LogP contribution in [0.3, 0.4) is 0 Å². The Balaban J connectivity index is 2.96. The average molecular weight is 227 g/mol. The van der Waals surface area contributed by atoms with E-state index in [1.165, 1.54) is 0 Å². The number of nitrogens with two attached hydrogens (primary N) is 1. The Kier molecular flexibility index (Phi) is 5.15. The van der Waals surface area contributed by atoms with E-state index >= 15 is 0 Å². The van der Waals surface area contributed by atoms with E-state index in [4.69, 9.17) is 22.1 Å². The molecule has 1 aromatic rings. The van der Waals surface area contributed by atoms with Crippen LogP contribution in [0.5, 0.6) is 5.75 Å². The highest BCUT2D eigenvalue weighted by atomic mass is 35.5. The van der Waals surface area contributed by atoms with Crippen LogP contribution in [0.15, 0.2) is 18.2 Å². The third-order valence-electron chi connectivity index (χ3n) is 1.93. The predicted molar refractivity (Wildman–Crippen MR) is 63.3 cm³/mol. The molecule has 2 N–H and O–H groups in total. The van der Waals surface area contributed by atoms with Crippen molar-refractivity contribution >= 4 is 17.7 Å². The molecule has 1 heterocycles. The lowest BCUT2D eigenvalue weighted by Crippen LogP contribution is -2.05. The lowest BCUT2D eigenvalue weighted by Gasteiger charge is -2.06. The summed E-state index contributed by atoms with van der Waals surface area (Å²) in [6, 6.07) is 3.82. The quantitative estimate of drug-likeness (QED) is 0.780. The number of hydrogen-bond acceptors (Lipinski definition) is 3. The second-order valence-electron chi connectivity index (χ2n) is 2.99. The van der Waals surface area contributed by atoms with E-state index in [1.807, 2.05) is 24.3 Å². The van der Waals surface area contributed by atoms with Crippen LogP contribution in [0.25, 0.3) is 6.08 Å². The smallest absolute Gasteiger partial charge is 0.144 e. The van der Waals surface area contributed by atoms with Crippen LogP contribution in [0.1, 0.15) is 11.4 Å². The number of alkyl halides is 1. The molecule has 0 atom stereocenters. The van der Waals surface area contributed by atoms with E-state index in [0.29, 0.717) is 12.4 Å². The maximum Gasteiger partial charge on any atom is 0.144 e. The molecule has 1 rings (SSSR count). The Morgan fingerprint density at radius 2 is 2.33 bits per heavy atom. The lowest BCUT2D eigenvalue weighted by atomic mass is 10.2. The van der Waals surface area contributed by atoms with Crippen molar-refractivity contribution in [2.75, 3.05) is 19.5 Å². The molecule has 0 aliphatic heterocycles. The second-order valence-corrected chi connectivity index (χ2v) is 3.29. The Morgan fingerprint density at radius 3 is 2.93 bits per heavy atom. The zero-order valence-corrected chi connectivity index (χ0v) is 9.50. The Labute approximate surface area is 94.9 Å². The van der Waals surface area contributed by atoms with Gasteiger partial charge in [-0.15, -0.1) is 11.6 Å². The van der Waals surface area contributed by atoms with Gasteiger partial charge in [0.1, 0.15) is 11.4 Å². The summed E-state index contributed by atoms with van der Waals surface area (Å²) >= 11 is 5.57. The zero-order chi connectivity index (χ0) is 11.1. The molecule has 82 valence electrons. The van der Waals surface area contributed by atoms with E-state index in [0.717, 1.165) is 23.6 Å². The summed E-state index contributed by atoms with van der Waals surface area (Å²) in [5.74, 6) is 1.21. The molecule has 3 nitrogen and oxygen atoms in total. The number of allylic oxidation sites excluding steroid dienone is 1. The van der Waals surface area contributed by atoms with Gasteiger partial charge in [0, 0.05) is 18.0 Å². The Hall–Kier alpha value is -1.06. The fourth-order valence-electron chi connectivity index (χ4n) is 1.24. The zero-order valence-electron chi connectivity index (χ0n) is 8.74. The van der Waals surface area contributed by atoms with Gasteiger partial charge in [0.25, 0.3) is 0 Å². The van der Waals surface area contributed by atoms with Gasteiger partial charge < -0.3 is 10.5 Å². The van der Waals surface area contributed by atoms with Crippen LogP contribution in [0, 0.1) is 0 Å². The molecule has 15 heavy (non-hydrogen) atoms. The van der Waals surface area contributed by atoms with Gasteiger partial charge in [0.2, 0.25) is 0 Å². The van der Waals surface area contributed by atoms with Crippen molar-refractivity contribution in [2.24, 2.45) is 5.73 Å². The van der Waals surface area contributed by atoms with Crippen LogP contribution >= 0.6 is 11.6 Å². The van der Waals surface area contributed by atoms with Gasteiger partial charge in [-0.2, -0.15) is 0 Å². The molecule has 0 radical (unpaired) electrons. The first-order valence-corrected chi connectivity index (χ1v) is 5.31. The molecular formula is C11H15ClN2O. The number of aromatic nitrogens is 1. The molecule has 0 saturated heterocycles. The van der Waals surface area contributed by atoms with Crippen LogP contribution in [0.4, 0.5) is 0 Å². The van der Waals surface area contributed by atoms with Gasteiger partial charge in [-0.3, -0.25) is 0 Å². The van der Waals surface area contributed by atoms with Crippen molar-refractivity contribution < 1.29 is 4.74 Å². The van der Waals surface area contributed by atoms with Crippen molar-refractivity contribution in [3.8, 4) is 5.75 Å². The van der Waals surface area contributed by atoms with E-state index in [1.54, 1.807) is 7.11 Å². The van der Waals surface area contributed by atoms with Crippen molar-refractivity contribution in [2.45, 2.75) is 6.42 Å². The first-order chi connectivity index (χ1) is 7.31. The minimum Gasteiger partial charge on any atom is -0.494 e. The largest absolute Gasteiger partial charge is 0.494 e. The topological polar surface area (TPSA) is 48.1 Å². The van der Waals surface area contributed by atoms with Gasteiger partial charge in [-0.1, -0.05) is 6.08 Å². The number of hydrogen-bond donors (Lipinski definition) is 1. The maximum atomic E-state index is 5.57. The number of ether oxygens (including phenoxy) is 1. The summed E-state index contributed by atoms with van der Waals surface area (Å²) in [6.07, 6.45) is 4.45. The van der Waals surface area contributed by atoms with Crippen LogP contribution < -0.4 is 10.5 Å².